The molecule has 22 heavy (non-hydrogen) atoms. The number of hydrogen-bond donors (Lipinski definition) is 1. The van der Waals surface area contributed by atoms with Crippen molar-refractivity contribution in [2.75, 3.05) is 6.54 Å². The van der Waals surface area contributed by atoms with Crippen LogP contribution in [-0.4, -0.2) is 11.5 Å². The highest BCUT2D eigenvalue weighted by Gasteiger charge is 2.08. The van der Waals surface area contributed by atoms with E-state index in [9.17, 15) is 4.39 Å². The number of thiophene rings is 1. The number of nitrogens with zero attached hydrogens (tertiary/aromatic N) is 1. The van der Waals surface area contributed by atoms with Crippen LogP contribution >= 0.6 is 22.7 Å². The molecule has 0 atom stereocenters. The summed E-state index contributed by atoms with van der Waals surface area (Å²) in [6.07, 6.45) is 2.77. The molecular weight excluding hydrogens is 315 g/mol. The maximum Gasteiger partial charge on any atom is 0.123 e. The third-order valence-corrected chi connectivity index (χ3v) is 5.59. The second kappa shape index (κ2) is 7.13. The topological polar surface area (TPSA) is 24.9 Å². The number of aryl methyl sites for hydroxylation is 1. The van der Waals surface area contributed by atoms with Gasteiger partial charge in [0.05, 0.1) is 4.88 Å². The smallest absolute Gasteiger partial charge is 0.123 e. The van der Waals surface area contributed by atoms with Gasteiger partial charge in [0.1, 0.15) is 10.8 Å². The zero-order chi connectivity index (χ0) is 15.4. The van der Waals surface area contributed by atoms with Crippen LogP contribution in [0.25, 0.3) is 9.75 Å². The van der Waals surface area contributed by atoms with Crippen LogP contribution < -0.4 is 5.32 Å². The quantitative estimate of drug-likeness (QED) is 0.665. The monoisotopic (exact) mass is 332 g/mol. The average molecular weight is 332 g/mol. The van der Waals surface area contributed by atoms with E-state index in [4.69, 9.17) is 0 Å². The number of benzene rings is 1. The molecule has 0 saturated heterocycles. The van der Waals surface area contributed by atoms with E-state index in [2.05, 4.69) is 28.7 Å². The average Bonchev–Trinajstić information content (AvgIpc) is 3.12. The summed E-state index contributed by atoms with van der Waals surface area (Å²) in [6.45, 7) is 3.70. The second-order valence-electron chi connectivity index (χ2n) is 5.11. The van der Waals surface area contributed by atoms with Crippen LogP contribution in [0.5, 0.6) is 0 Å². The van der Waals surface area contributed by atoms with Gasteiger partial charge in [0.25, 0.3) is 0 Å². The van der Waals surface area contributed by atoms with Crippen molar-refractivity contribution in [3.63, 3.8) is 0 Å². The van der Waals surface area contributed by atoms with Gasteiger partial charge in [0.15, 0.2) is 0 Å². The molecule has 2 nitrogen and oxygen atoms in total. The number of thiazole rings is 1. The van der Waals surface area contributed by atoms with E-state index < -0.39 is 0 Å². The minimum absolute atomic E-state index is 0.173. The number of rotatable bonds is 6. The fourth-order valence-corrected chi connectivity index (χ4v) is 4.24. The summed E-state index contributed by atoms with van der Waals surface area (Å²) in [6, 6.07) is 8.90. The third kappa shape index (κ3) is 3.80. The van der Waals surface area contributed by atoms with E-state index in [1.165, 1.54) is 21.4 Å². The van der Waals surface area contributed by atoms with Crippen molar-refractivity contribution in [3.05, 3.63) is 63.9 Å². The van der Waals surface area contributed by atoms with Gasteiger partial charge in [0, 0.05) is 17.6 Å². The lowest BCUT2D eigenvalue weighted by atomic mass is 10.1. The summed E-state index contributed by atoms with van der Waals surface area (Å²) in [5.74, 6) is -0.173. The Morgan fingerprint density at radius 2 is 2.18 bits per heavy atom. The highest BCUT2D eigenvalue weighted by atomic mass is 32.1. The SMILES string of the molecule is Cc1ccsc1-c1cnc(CNCCc2cccc(F)c2)s1. The number of nitrogens with one attached hydrogen (secondary N) is 1. The zero-order valence-electron chi connectivity index (χ0n) is 12.3. The lowest BCUT2D eigenvalue weighted by molar-refractivity contribution is 0.622. The summed E-state index contributed by atoms with van der Waals surface area (Å²) in [7, 11) is 0. The summed E-state index contributed by atoms with van der Waals surface area (Å²) in [5, 5.41) is 6.57. The first-order valence-corrected chi connectivity index (χ1v) is 8.86. The van der Waals surface area contributed by atoms with E-state index in [0.717, 1.165) is 30.1 Å². The molecule has 2 heterocycles. The van der Waals surface area contributed by atoms with Crippen LogP contribution in [0.3, 0.4) is 0 Å². The molecule has 5 heteroatoms. The number of halogens is 1. The molecule has 114 valence electrons. The Hall–Kier alpha value is -1.56. The van der Waals surface area contributed by atoms with Crippen molar-refractivity contribution in [1.82, 2.24) is 10.3 Å². The summed E-state index contributed by atoms with van der Waals surface area (Å²) >= 11 is 3.49. The van der Waals surface area contributed by atoms with Gasteiger partial charge < -0.3 is 5.32 Å². The van der Waals surface area contributed by atoms with Crippen LogP contribution in [0.1, 0.15) is 16.1 Å². The van der Waals surface area contributed by atoms with Gasteiger partial charge in [-0.2, -0.15) is 0 Å². The van der Waals surface area contributed by atoms with Crippen molar-refractivity contribution in [2.45, 2.75) is 19.9 Å². The molecule has 0 unspecified atom stereocenters. The minimum atomic E-state index is -0.173. The van der Waals surface area contributed by atoms with Gasteiger partial charge in [-0.05, 0) is 54.6 Å². The fourth-order valence-electron chi connectivity index (χ4n) is 2.24. The van der Waals surface area contributed by atoms with Gasteiger partial charge in [-0.25, -0.2) is 9.37 Å². The van der Waals surface area contributed by atoms with Gasteiger partial charge >= 0.3 is 0 Å². The molecule has 3 rings (SSSR count). The van der Waals surface area contributed by atoms with E-state index in [0.29, 0.717) is 0 Å². The molecular formula is C17H17FN2S2. The summed E-state index contributed by atoms with van der Waals surface area (Å²) in [5.41, 5.74) is 2.32. The lowest BCUT2D eigenvalue weighted by Gasteiger charge is -2.03. The Kier molecular flexibility index (Phi) is 4.97. The van der Waals surface area contributed by atoms with Crippen molar-refractivity contribution >= 4 is 22.7 Å². The predicted octanol–water partition coefficient (Wildman–Crippen LogP) is 4.65. The molecule has 0 bridgehead atoms. The van der Waals surface area contributed by atoms with Gasteiger partial charge in [0.2, 0.25) is 0 Å². The molecule has 0 aliphatic heterocycles. The van der Waals surface area contributed by atoms with Gasteiger partial charge in [-0.1, -0.05) is 12.1 Å². The number of hydrogen-bond acceptors (Lipinski definition) is 4. The highest BCUT2D eigenvalue weighted by molar-refractivity contribution is 7.21. The van der Waals surface area contributed by atoms with Crippen molar-refractivity contribution in [3.8, 4) is 9.75 Å². The maximum atomic E-state index is 13.1. The molecule has 0 fully saturated rings. The molecule has 0 saturated carbocycles. The molecule has 0 spiro atoms. The molecule has 3 aromatic rings. The fraction of sp³-hybridized carbons (Fsp3) is 0.235. The molecule has 0 aliphatic rings. The standard InChI is InChI=1S/C17H17FN2S2/c1-12-6-8-21-17(12)15-10-20-16(22-15)11-19-7-5-13-3-2-4-14(18)9-13/h2-4,6,8-10,19H,5,7,11H2,1H3. The normalized spacial score (nSPS) is 11.0. The number of aromatic nitrogens is 1. The van der Waals surface area contributed by atoms with E-state index in [1.54, 1.807) is 34.8 Å². The van der Waals surface area contributed by atoms with Crippen LogP contribution in [-0.2, 0) is 13.0 Å². The molecule has 0 aliphatic carbocycles. The molecule has 0 radical (unpaired) electrons. The Balaban J connectivity index is 1.50. The first-order valence-electron chi connectivity index (χ1n) is 7.17. The Bertz CT molecular complexity index is 748. The van der Waals surface area contributed by atoms with Crippen molar-refractivity contribution < 1.29 is 4.39 Å². The Morgan fingerprint density at radius 1 is 1.27 bits per heavy atom. The molecule has 0 amide bonds. The van der Waals surface area contributed by atoms with Gasteiger partial charge in [-0.15, -0.1) is 22.7 Å². The summed E-state index contributed by atoms with van der Waals surface area (Å²) < 4.78 is 13.1. The third-order valence-electron chi connectivity index (χ3n) is 3.40. The summed E-state index contributed by atoms with van der Waals surface area (Å²) in [4.78, 5) is 7.01. The second-order valence-corrected chi connectivity index (χ2v) is 7.14. The predicted molar refractivity (Wildman–Crippen MR) is 92.0 cm³/mol. The zero-order valence-corrected chi connectivity index (χ0v) is 13.9. The van der Waals surface area contributed by atoms with Crippen molar-refractivity contribution in [1.29, 1.82) is 0 Å². The maximum absolute atomic E-state index is 13.1. The van der Waals surface area contributed by atoms with Crippen LogP contribution in [0.4, 0.5) is 4.39 Å². The first-order chi connectivity index (χ1) is 10.7. The van der Waals surface area contributed by atoms with Crippen LogP contribution in [0.2, 0.25) is 0 Å². The van der Waals surface area contributed by atoms with Crippen LogP contribution in [0.15, 0.2) is 41.9 Å². The lowest BCUT2D eigenvalue weighted by Crippen LogP contribution is -2.16. The van der Waals surface area contributed by atoms with E-state index >= 15 is 0 Å². The van der Waals surface area contributed by atoms with Crippen molar-refractivity contribution in [2.24, 2.45) is 0 Å². The Labute approximate surface area is 137 Å². The van der Waals surface area contributed by atoms with Crippen LogP contribution in [0, 0.1) is 12.7 Å². The Morgan fingerprint density at radius 3 is 2.95 bits per heavy atom. The molecule has 1 N–H and O–H groups in total. The first kappa shape index (κ1) is 15.3. The molecule has 2 aromatic heterocycles. The minimum Gasteiger partial charge on any atom is -0.310 e. The molecule has 1 aromatic carbocycles. The highest BCUT2D eigenvalue weighted by Crippen LogP contribution is 2.33. The van der Waals surface area contributed by atoms with E-state index in [-0.39, 0.29) is 5.82 Å². The van der Waals surface area contributed by atoms with Gasteiger partial charge in [-0.3, -0.25) is 0 Å². The van der Waals surface area contributed by atoms with E-state index in [1.807, 2.05) is 12.3 Å². The largest absolute Gasteiger partial charge is 0.310 e.